The van der Waals surface area contributed by atoms with E-state index in [2.05, 4.69) is 25.7 Å². The van der Waals surface area contributed by atoms with Crippen LogP contribution in [0.3, 0.4) is 0 Å². The molecule has 0 amide bonds. The molecule has 1 heteroatoms. The molecule has 2 unspecified atom stereocenters. The molecule has 0 aromatic carbocycles. The number of hydrogen-bond acceptors (Lipinski definition) is 1. The van der Waals surface area contributed by atoms with Crippen LogP contribution in [0.5, 0.6) is 0 Å². The van der Waals surface area contributed by atoms with Crippen molar-refractivity contribution in [1.29, 1.82) is 0 Å². The minimum atomic E-state index is 0.895. The zero-order valence-electron chi connectivity index (χ0n) is 8.14. The molecule has 0 saturated carbocycles. The van der Waals surface area contributed by atoms with Crippen LogP contribution >= 0.6 is 0 Å². The summed E-state index contributed by atoms with van der Waals surface area (Å²) in [7, 11) is 0. The van der Waals surface area contributed by atoms with E-state index in [0.717, 1.165) is 12.0 Å². The standard InChI is InChI=1S/C10H21N/c1-4-9(2)6-5-7-11-8-10(11)3/h9-10H,4-8H2,1-3H3/t9?,10-,11?/m0/s1. The summed E-state index contributed by atoms with van der Waals surface area (Å²) >= 11 is 0. The van der Waals surface area contributed by atoms with E-state index in [-0.39, 0.29) is 0 Å². The van der Waals surface area contributed by atoms with E-state index >= 15 is 0 Å². The zero-order valence-corrected chi connectivity index (χ0v) is 8.14. The van der Waals surface area contributed by atoms with Gasteiger partial charge < -0.3 is 0 Å². The van der Waals surface area contributed by atoms with Gasteiger partial charge in [0.05, 0.1) is 0 Å². The second-order valence-electron chi connectivity index (χ2n) is 4.00. The minimum absolute atomic E-state index is 0.895. The van der Waals surface area contributed by atoms with Gasteiger partial charge in [-0.3, -0.25) is 4.90 Å². The van der Waals surface area contributed by atoms with Crippen molar-refractivity contribution in [3.8, 4) is 0 Å². The molecule has 1 aliphatic heterocycles. The maximum absolute atomic E-state index is 2.54. The van der Waals surface area contributed by atoms with Crippen LogP contribution in [0.25, 0.3) is 0 Å². The molecular weight excluding hydrogens is 134 g/mol. The minimum Gasteiger partial charge on any atom is -0.298 e. The Bertz CT molecular complexity index is 107. The molecule has 1 fully saturated rings. The summed E-state index contributed by atoms with van der Waals surface area (Å²) in [6.07, 6.45) is 4.16. The van der Waals surface area contributed by atoms with E-state index in [1.807, 2.05) is 0 Å². The average molecular weight is 155 g/mol. The Morgan fingerprint density at radius 2 is 2.18 bits per heavy atom. The third-order valence-corrected chi connectivity index (χ3v) is 2.83. The molecule has 66 valence electrons. The molecule has 11 heavy (non-hydrogen) atoms. The summed E-state index contributed by atoms with van der Waals surface area (Å²) in [5.41, 5.74) is 0. The van der Waals surface area contributed by atoms with Crippen molar-refractivity contribution in [1.82, 2.24) is 4.90 Å². The fraction of sp³-hybridized carbons (Fsp3) is 1.00. The molecule has 0 aromatic rings. The predicted molar refractivity (Wildman–Crippen MR) is 49.7 cm³/mol. The summed E-state index contributed by atoms with van der Waals surface area (Å²) < 4.78 is 0. The van der Waals surface area contributed by atoms with Crippen molar-refractivity contribution in [2.45, 2.75) is 46.1 Å². The molecule has 0 aliphatic carbocycles. The topological polar surface area (TPSA) is 3.01 Å². The van der Waals surface area contributed by atoms with E-state index in [9.17, 15) is 0 Å². The monoisotopic (exact) mass is 155 g/mol. The Hall–Kier alpha value is -0.0400. The molecule has 1 nitrogen and oxygen atoms in total. The molecule has 1 heterocycles. The Morgan fingerprint density at radius 3 is 2.64 bits per heavy atom. The van der Waals surface area contributed by atoms with Gasteiger partial charge in [0.1, 0.15) is 0 Å². The third-order valence-electron chi connectivity index (χ3n) is 2.83. The lowest BCUT2D eigenvalue weighted by Crippen LogP contribution is -2.04. The number of hydrogen-bond donors (Lipinski definition) is 0. The summed E-state index contributed by atoms with van der Waals surface area (Å²) in [5.74, 6) is 0.935. The van der Waals surface area contributed by atoms with Gasteiger partial charge in [-0.1, -0.05) is 20.3 Å². The molecule has 0 bridgehead atoms. The van der Waals surface area contributed by atoms with E-state index in [1.165, 1.54) is 32.4 Å². The number of nitrogens with zero attached hydrogens (tertiary/aromatic N) is 1. The van der Waals surface area contributed by atoms with Crippen LogP contribution < -0.4 is 0 Å². The Labute approximate surface area is 70.8 Å². The first-order valence-electron chi connectivity index (χ1n) is 4.98. The third kappa shape index (κ3) is 3.24. The molecule has 0 spiro atoms. The van der Waals surface area contributed by atoms with Gasteiger partial charge in [0.2, 0.25) is 0 Å². The van der Waals surface area contributed by atoms with Gasteiger partial charge in [0.25, 0.3) is 0 Å². The summed E-state index contributed by atoms with van der Waals surface area (Å²) in [5, 5.41) is 0. The van der Waals surface area contributed by atoms with Crippen LogP contribution in [0.2, 0.25) is 0 Å². The van der Waals surface area contributed by atoms with E-state index in [4.69, 9.17) is 0 Å². The molecule has 0 N–H and O–H groups in total. The second kappa shape index (κ2) is 4.10. The van der Waals surface area contributed by atoms with E-state index < -0.39 is 0 Å². The van der Waals surface area contributed by atoms with Gasteiger partial charge in [0.15, 0.2) is 0 Å². The SMILES string of the molecule is CCC(C)CCCN1C[C@@H]1C. The molecule has 1 saturated heterocycles. The fourth-order valence-corrected chi connectivity index (χ4v) is 1.45. The molecule has 3 atom stereocenters. The molecule has 0 radical (unpaired) electrons. The van der Waals surface area contributed by atoms with Crippen LogP contribution in [0, 0.1) is 5.92 Å². The first-order valence-corrected chi connectivity index (χ1v) is 4.98. The zero-order chi connectivity index (χ0) is 8.27. The fourth-order valence-electron chi connectivity index (χ4n) is 1.45. The predicted octanol–water partition coefficient (Wildman–Crippen LogP) is 2.52. The van der Waals surface area contributed by atoms with E-state index in [1.54, 1.807) is 0 Å². The van der Waals surface area contributed by atoms with Crippen LogP contribution in [0.1, 0.15) is 40.0 Å². The van der Waals surface area contributed by atoms with Crippen LogP contribution in [-0.2, 0) is 0 Å². The van der Waals surface area contributed by atoms with Crippen molar-refractivity contribution in [2.75, 3.05) is 13.1 Å². The average Bonchev–Trinajstić information content (AvgIpc) is 2.66. The van der Waals surface area contributed by atoms with E-state index in [0.29, 0.717) is 0 Å². The van der Waals surface area contributed by atoms with Crippen LogP contribution in [-0.4, -0.2) is 24.0 Å². The largest absolute Gasteiger partial charge is 0.298 e. The quantitative estimate of drug-likeness (QED) is 0.551. The highest BCUT2D eigenvalue weighted by Crippen LogP contribution is 2.18. The smallest absolute Gasteiger partial charge is 0.0195 e. The van der Waals surface area contributed by atoms with Crippen molar-refractivity contribution >= 4 is 0 Å². The maximum Gasteiger partial charge on any atom is 0.0195 e. The molecule has 0 aromatic heterocycles. The van der Waals surface area contributed by atoms with Crippen LogP contribution in [0.4, 0.5) is 0 Å². The van der Waals surface area contributed by atoms with Gasteiger partial charge in [-0.2, -0.15) is 0 Å². The van der Waals surface area contributed by atoms with Gasteiger partial charge >= 0.3 is 0 Å². The van der Waals surface area contributed by atoms with Gasteiger partial charge in [-0.05, 0) is 32.2 Å². The van der Waals surface area contributed by atoms with Crippen molar-refractivity contribution in [3.63, 3.8) is 0 Å². The first kappa shape index (κ1) is 9.05. The maximum atomic E-state index is 2.54. The first-order chi connectivity index (χ1) is 5.24. The van der Waals surface area contributed by atoms with Gasteiger partial charge in [-0.25, -0.2) is 0 Å². The van der Waals surface area contributed by atoms with Gasteiger partial charge in [-0.15, -0.1) is 0 Å². The lowest BCUT2D eigenvalue weighted by atomic mass is 10.0. The summed E-state index contributed by atoms with van der Waals surface area (Å²) in [6.45, 7) is 9.63. The lowest BCUT2D eigenvalue weighted by Gasteiger charge is -2.07. The normalized spacial score (nSPS) is 31.9. The second-order valence-corrected chi connectivity index (χ2v) is 4.00. The highest BCUT2D eigenvalue weighted by atomic mass is 15.3. The van der Waals surface area contributed by atoms with Gasteiger partial charge in [0, 0.05) is 12.6 Å². The highest BCUT2D eigenvalue weighted by Gasteiger charge is 2.27. The summed E-state index contributed by atoms with van der Waals surface area (Å²) in [4.78, 5) is 2.54. The molecule has 1 aliphatic rings. The van der Waals surface area contributed by atoms with Crippen molar-refractivity contribution < 1.29 is 0 Å². The van der Waals surface area contributed by atoms with Crippen molar-refractivity contribution in [2.24, 2.45) is 5.92 Å². The lowest BCUT2D eigenvalue weighted by molar-refractivity contribution is 0.431. The number of rotatable bonds is 5. The Morgan fingerprint density at radius 1 is 1.55 bits per heavy atom. The highest BCUT2D eigenvalue weighted by molar-refractivity contribution is 4.83. The van der Waals surface area contributed by atoms with Crippen molar-refractivity contribution in [3.05, 3.63) is 0 Å². The Kier molecular flexibility index (Phi) is 3.38. The van der Waals surface area contributed by atoms with Crippen LogP contribution in [0.15, 0.2) is 0 Å². The molecular formula is C10H21N. The molecule has 1 rings (SSSR count). The Balaban J connectivity index is 1.88. The summed E-state index contributed by atoms with van der Waals surface area (Å²) in [6, 6.07) is 0.895.